The lowest BCUT2D eigenvalue weighted by Crippen LogP contribution is -2.26. The van der Waals surface area contributed by atoms with E-state index in [4.69, 9.17) is 16.9 Å². The van der Waals surface area contributed by atoms with Gasteiger partial charge in [-0.05, 0) is 38.3 Å². The standard InChI is InChI=1S/C12H15ClN2S/c1-12(2,16-3)8-15-11-5-4-10(13)6-9(11)7-14/h4-6,15H,8H2,1-3H3. The van der Waals surface area contributed by atoms with E-state index < -0.39 is 0 Å². The van der Waals surface area contributed by atoms with Crippen molar-refractivity contribution in [2.45, 2.75) is 18.6 Å². The number of benzene rings is 1. The molecule has 0 unspecified atom stereocenters. The monoisotopic (exact) mass is 254 g/mol. The smallest absolute Gasteiger partial charge is 0.101 e. The fourth-order valence-corrected chi connectivity index (χ4v) is 1.53. The minimum absolute atomic E-state index is 0.145. The molecule has 0 bridgehead atoms. The van der Waals surface area contributed by atoms with Crippen molar-refractivity contribution in [3.8, 4) is 6.07 Å². The number of nitrogens with zero attached hydrogens (tertiary/aromatic N) is 1. The van der Waals surface area contributed by atoms with Crippen molar-refractivity contribution >= 4 is 29.1 Å². The summed E-state index contributed by atoms with van der Waals surface area (Å²) in [6.45, 7) is 5.13. The van der Waals surface area contributed by atoms with Gasteiger partial charge in [-0.1, -0.05) is 11.6 Å². The number of nitriles is 1. The lowest BCUT2D eigenvalue weighted by molar-refractivity contribution is 0.752. The normalized spacial score (nSPS) is 10.9. The Morgan fingerprint density at radius 1 is 1.50 bits per heavy atom. The van der Waals surface area contributed by atoms with Crippen LogP contribution in [0.15, 0.2) is 18.2 Å². The van der Waals surface area contributed by atoms with Crippen LogP contribution < -0.4 is 5.32 Å². The summed E-state index contributed by atoms with van der Waals surface area (Å²) < 4.78 is 0.145. The first kappa shape index (κ1) is 13.2. The number of hydrogen-bond acceptors (Lipinski definition) is 3. The summed E-state index contributed by atoms with van der Waals surface area (Å²) in [7, 11) is 0. The predicted molar refractivity (Wildman–Crippen MR) is 72.3 cm³/mol. The van der Waals surface area contributed by atoms with E-state index in [-0.39, 0.29) is 4.75 Å². The summed E-state index contributed by atoms with van der Waals surface area (Å²) >= 11 is 7.62. The fourth-order valence-electron chi connectivity index (χ4n) is 1.14. The maximum Gasteiger partial charge on any atom is 0.101 e. The highest BCUT2D eigenvalue weighted by molar-refractivity contribution is 7.99. The highest BCUT2D eigenvalue weighted by atomic mass is 35.5. The third kappa shape index (κ3) is 3.62. The van der Waals surface area contributed by atoms with Gasteiger partial charge in [0.05, 0.1) is 11.3 Å². The summed E-state index contributed by atoms with van der Waals surface area (Å²) in [4.78, 5) is 0. The second-order valence-corrected chi connectivity index (χ2v) is 6.07. The maximum atomic E-state index is 8.98. The molecule has 0 amide bonds. The van der Waals surface area contributed by atoms with Crippen LogP contribution in [0.25, 0.3) is 0 Å². The average molecular weight is 255 g/mol. The molecule has 0 aromatic heterocycles. The number of hydrogen-bond donors (Lipinski definition) is 1. The van der Waals surface area contributed by atoms with E-state index in [0.717, 1.165) is 12.2 Å². The summed E-state index contributed by atoms with van der Waals surface area (Å²) in [5.41, 5.74) is 1.43. The van der Waals surface area contributed by atoms with Crippen LogP contribution in [0.1, 0.15) is 19.4 Å². The zero-order chi connectivity index (χ0) is 12.2. The largest absolute Gasteiger partial charge is 0.383 e. The first-order chi connectivity index (χ1) is 7.48. The fraction of sp³-hybridized carbons (Fsp3) is 0.417. The molecule has 0 aliphatic heterocycles. The molecule has 86 valence electrons. The van der Waals surface area contributed by atoms with E-state index in [0.29, 0.717) is 10.6 Å². The van der Waals surface area contributed by atoms with Crippen LogP contribution in [0.4, 0.5) is 5.69 Å². The van der Waals surface area contributed by atoms with Gasteiger partial charge in [0.15, 0.2) is 0 Å². The zero-order valence-electron chi connectivity index (χ0n) is 9.67. The highest BCUT2D eigenvalue weighted by Gasteiger charge is 2.16. The van der Waals surface area contributed by atoms with Crippen LogP contribution >= 0.6 is 23.4 Å². The molecule has 0 radical (unpaired) electrons. The van der Waals surface area contributed by atoms with Crippen LogP contribution in [-0.2, 0) is 0 Å². The number of thioether (sulfide) groups is 1. The number of halogens is 1. The summed E-state index contributed by atoms with van der Waals surface area (Å²) in [5, 5.41) is 12.8. The van der Waals surface area contributed by atoms with Crippen molar-refractivity contribution in [1.29, 1.82) is 5.26 Å². The van der Waals surface area contributed by atoms with Crippen LogP contribution in [-0.4, -0.2) is 17.5 Å². The van der Waals surface area contributed by atoms with Gasteiger partial charge >= 0.3 is 0 Å². The van der Waals surface area contributed by atoms with Gasteiger partial charge in [0.1, 0.15) is 6.07 Å². The molecule has 2 nitrogen and oxygen atoms in total. The Kier molecular flexibility index (Phi) is 4.52. The SMILES string of the molecule is CSC(C)(C)CNc1ccc(Cl)cc1C#N. The van der Waals surface area contributed by atoms with Gasteiger partial charge in [0.25, 0.3) is 0 Å². The van der Waals surface area contributed by atoms with Crippen molar-refractivity contribution in [2.24, 2.45) is 0 Å². The Morgan fingerprint density at radius 2 is 2.19 bits per heavy atom. The Labute approximate surface area is 106 Å². The van der Waals surface area contributed by atoms with Crippen molar-refractivity contribution in [3.63, 3.8) is 0 Å². The Balaban J connectivity index is 2.79. The van der Waals surface area contributed by atoms with Crippen molar-refractivity contribution in [2.75, 3.05) is 18.1 Å². The van der Waals surface area contributed by atoms with E-state index in [2.05, 4.69) is 31.5 Å². The van der Waals surface area contributed by atoms with Crippen LogP contribution in [0.2, 0.25) is 5.02 Å². The van der Waals surface area contributed by atoms with Gasteiger partial charge in [-0.2, -0.15) is 17.0 Å². The summed E-state index contributed by atoms with van der Waals surface area (Å²) in [6.07, 6.45) is 2.08. The van der Waals surface area contributed by atoms with E-state index in [1.165, 1.54) is 0 Å². The number of nitrogens with one attached hydrogen (secondary N) is 1. The minimum atomic E-state index is 0.145. The number of rotatable bonds is 4. The molecule has 0 heterocycles. The molecule has 4 heteroatoms. The first-order valence-corrected chi connectivity index (χ1v) is 6.57. The molecule has 0 fully saturated rings. The molecule has 1 rings (SSSR count). The molecular formula is C12H15ClN2S. The third-order valence-electron chi connectivity index (χ3n) is 2.36. The molecule has 1 N–H and O–H groups in total. The van der Waals surface area contributed by atoms with E-state index in [1.54, 1.807) is 23.9 Å². The molecule has 1 aromatic carbocycles. The van der Waals surface area contributed by atoms with Crippen molar-refractivity contribution in [1.82, 2.24) is 0 Å². The third-order valence-corrected chi connectivity index (χ3v) is 3.84. The molecule has 16 heavy (non-hydrogen) atoms. The predicted octanol–water partition coefficient (Wildman–Crippen LogP) is 3.77. The molecule has 0 atom stereocenters. The van der Waals surface area contributed by atoms with Gasteiger partial charge in [-0.3, -0.25) is 0 Å². The highest BCUT2D eigenvalue weighted by Crippen LogP contribution is 2.24. The molecule has 0 spiro atoms. The Bertz CT molecular complexity index is 410. The molecule has 0 aliphatic carbocycles. The lowest BCUT2D eigenvalue weighted by Gasteiger charge is -2.23. The van der Waals surface area contributed by atoms with E-state index in [9.17, 15) is 0 Å². The second-order valence-electron chi connectivity index (χ2n) is 4.12. The van der Waals surface area contributed by atoms with Gasteiger partial charge in [0.2, 0.25) is 0 Å². The van der Waals surface area contributed by atoms with E-state index in [1.807, 2.05) is 6.07 Å². The second kappa shape index (κ2) is 5.47. The lowest BCUT2D eigenvalue weighted by atomic mass is 10.1. The average Bonchev–Trinajstić information content (AvgIpc) is 2.27. The zero-order valence-corrected chi connectivity index (χ0v) is 11.2. The molecule has 0 aliphatic rings. The topological polar surface area (TPSA) is 35.8 Å². The number of anilines is 1. The maximum absolute atomic E-state index is 8.98. The van der Waals surface area contributed by atoms with Crippen molar-refractivity contribution in [3.05, 3.63) is 28.8 Å². The van der Waals surface area contributed by atoms with Gasteiger partial charge in [0, 0.05) is 16.3 Å². The Hall–Kier alpha value is -0.850. The first-order valence-electron chi connectivity index (χ1n) is 4.97. The molecule has 0 saturated heterocycles. The quantitative estimate of drug-likeness (QED) is 0.889. The van der Waals surface area contributed by atoms with Gasteiger partial charge in [-0.15, -0.1) is 0 Å². The van der Waals surface area contributed by atoms with Crippen LogP contribution in [0, 0.1) is 11.3 Å². The summed E-state index contributed by atoms with van der Waals surface area (Å²) in [5.74, 6) is 0. The van der Waals surface area contributed by atoms with Gasteiger partial charge < -0.3 is 5.32 Å². The minimum Gasteiger partial charge on any atom is -0.383 e. The van der Waals surface area contributed by atoms with Gasteiger partial charge in [-0.25, -0.2) is 0 Å². The van der Waals surface area contributed by atoms with E-state index >= 15 is 0 Å². The van der Waals surface area contributed by atoms with Crippen LogP contribution in [0.5, 0.6) is 0 Å². The van der Waals surface area contributed by atoms with Crippen LogP contribution in [0.3, 0.4) is 0 Å². The molecule has 0 saturated carbocycles. The van der Waals surface area contributed by atoms with Crippen molar-refractivity contribution < 1.29 is 0 Å². The molecule has 1 aromatic rings. The summed E-state index contributed by atoms with van der Waals surface area (Å²) in [6, 6.07) is 7.45. The Morgan fingerprint density at radius 3 is 2.75 bits per heavy atom. The molecular weight excluding hydrogens is 240 g/mol.